The Balaban J connectivity index is 1.32. The van der Waals surface area contributed by atoms with Crippen LogP contribution in [0.25, 0.3) is 11.3 Å². The van der Waals surface area contributed by atoms with E-state index in [9.17, 15) is 9.59 Å². The Hall–Kier alpha value is -3.85. The molecule has 8 nitrogen and oxygen atoms in total. The highest BCUT2D eigenvalue weighted by molar-refractivity contribution is 7.17. The number of anilines is 1. The normalized spacial score (nSPS) is 12.4. The fourth-order valence-electron chi connectivity index (χ4n) is 3.97. The van der Waals surface area contributed by atoms with Gasteiger partial charge in [0.2, 0.25) is 0 Å². The number of nitrogens with zero attached hydrogens (tertiary/aromatic N) is 1. The summed E-state index contributed by atoms with van der Waals surface area (Å²) in [5, 5.41) is 10.2. The zero-order valence-corrected chi connectivity index (χ0v) is 19.4. The Kier molecular flexibility index (Phi) is 6.18. The Morgan fingerprint density at radius 2 is 2.00 bits per heavy atom. The van der Waals surface area contributed by atoms with Crippen LogP contribution in [0.15, 0.2) is 57.7 Å². The third-order valence-electron chi connectivity index (χ3n) is 5.57. The van der Waals surface area contributed by atoms with Gasteiger partial charge in [-0.2, -0.15) is 0 Å². The number of rotatable bonds is 8. The zero-order valence-electron chi connectivity index (χ0n) is 18.6. The van der Waals surface area contributed by atoms with Crippen LogP contribution in [-0.4, -0.2) is 23.6 Å². The molecule has 0 atom stereocenters. The number of thiophene rings is 1. The van der Waals surface area contributed by atoms with E-state index in [0.29, 0.717) is 28.7 Å². The van der Waals surface area contributed by atoms with Gasteiger partial charge in [0.1, 0.15) is 16.5 Å². The summed E-state index contributed by atoms with van der Waals surface area (Å²) in [7, 11) is 0. The number of carbonyl (C=O) groups excluding carboxylic acids is 2. The van der Waals surface area contributed by atoms with E-state index < -0.39 is 5.91 Å². The summed E-state index contributed by atoms with van der Waals surface area (Å²) in [5.74, 6) is 1.23. The first-order valence-electron chi connectivity index (χ1n) is 11.1. The topological polar surface area (TPSA) is 107 Å². The average molecular weight is 478 g/mol. The summed E-state index contributed by atoms with van der Waals surface area (Å²) in [4.78, 5) is 27.1. The van der Waals surface area contributed by atoms with Gasteiger partial charge in [0.15, 0.2) is 11.5 Å². The lowest BCUT2D eigenvalue weighted by atomic mass is 10.1. The van der Waals surface area contributed by atoms with Crippen molar-refractivity contribution in [2.24, 2.45) is 0 Å². The summed E-state index contributed by atoms with van der Waals surface area (Å²) in [5.41, 5.74) is 2.45. The fourth-order valence-corrected chi connectivity index (χ4v) is 5.25. The molecule has 9 heteroatoms. The number of carbonyl (C=O) groups is 2. The van der Waals surface area contributed by atoms with Crippen LogP contribution < -0.4 is 15.4 Å². The first-order chi connectivity index (χ1) is 16.6. The third-order valence-corrected chi connectivity index (χ3v) is 6.78. The largest absolute Gasteiger partial charge is 0.494 e. The summed E-state index contributed by atoms with van der Waals surface area (Å²) in [6, 6.07) is 12.5. The molecule has 34 heavy (non-hydrogen) atoms. The van der Waals surface area contributed by atoms with Gasteiger partial charge < -0.3 is 24.3 Å². The smallest absolute Gasteiger partial charge is 0.278 e. The molecule has 0 radical (unpaired) electrons. The van der Waals surface area contributed by atoms with Crippen molar-refractivity contribution in [2.45, 2.75) is 32.7 Å². The maximum Gasteiger partial charge on any atom is 0.278 e. The number of benzene rings is 1. The van der Waals surface area contributed by atoms with Crippen LogP contribution in [0.3, 0.4) is 0 Å². The van der Waals surface area contributed by atoms with Crippen LogP contribution in [0.4, 0.5) is 5.00 Å². The molecule has 1 aromatic carbocycles. The first kappa shape index (κ1) is 22.0. The Labute approximate surface area is 199 Å². The number of nitrogens with one attached hydrogen (secondary N) is 2. The summed E-state index contributed by atoms with van der Waals surface area (Å²) < 4.78 is 16.1. The van der Waals surface area contributed by atoms with E-state index in [-0.39, 0.29) is 18.1 Å². The molecule has 0 saturated carbocycles. The second kappa shape index (κ2) is 9.56. The van der Waals surface area contributed by atoms with E-state index in [1.165, 1.54) is 11.3 Å². The summed E-state index contributed by atoms with van der Waals surface area (Å²) in [6.07, 6.45) is 4.29. The van der Waals surface area contributed by atoms with Gasteiger partial charge in [-0.15, -0.1) is 11.3 Å². The van der Waals surface area contributed by atoms with Gasteiger partial charge in [0.05, 0.1) is 25.0 Å². The standard InChI is InChI=1S/C25H23N3O5S/c1-2-31-16-10-8-15(9-11-16)20-13-19(28-33-20)23(29)27-25-22(18-6-3-7-21(18)34-25)24(30)26-14-17-5-4-12-32-17/h4-5,8-13H,2-3,6-7,14H2,1H3,(H,26,30)(H,27,29). The van der Waals surface area contributed by atoms with Crippen molar-refractivity contribution in [2.75, 3.05) is 11.9 Å². The van der Waals surface area contributed by atoms with Gasteiger partial charge in [-0.05, 0) is 68.1 Å². The van der Waals surface area contributed by atoms with Crippen LogP contribution in [0.5, 0.6) is 5.75 Å². The van der Waals surface area contributed by atoms with E-state index in [4.69, 9.17) is 13.7 Å². The number of hydrogen-bond acceptors (Lipinski definition) is 7. The van der Waals surface area contributed by atoms with Gasteiger partial charge in [-0.25, -0.2) is 0 Å². The summed E-state index contributed by atoms with van der Waals surface area (Å²) >= 11 is 1.44. The van der Waals surface area contributed by atoms with E-state index in [0.717, 1.165) is 41.0 Å². The molecule has 0 unspecified atom stereocenters. The summed E-state index contributed by atoms with van der Waals surface area (Å²) in [6.45, 7) is 2.78. The van der Waals surface area contributed by atoms with E-state index >= 15 is 0 Å². The monoisotopic (exact) mass is 477 g/mol. The molecule has 2 amide bonds. The quantitative estimate of drug-likeness (QED) is 0.367. The molecule has 0 fully saturated rings. The molecule has 2 N–H and O–H groups in total. The molecule has 3 heterocycles. The minimum absolute atomic E-state index is 0.138. The van der Waals surface area contributed by atoms with E-state index in [1.807, 2.05) is 31.2 Å². The lowest BCUT2D eigenvalue weighted by molar-refractivity contribution is 0.0948. The van der Waals surface area contributed by atoms with Gasteiger partial charge in [0, 0.05) is 16.5 Å². The SMILES string of the molecule is CCOc1ccc(-c2cc(C(=O)Nc3sc4c(c3C(=O)NCc3ccco3)CCC4)no2)cc1. The van der Waals surface area contributed by atoms with Crippen molar-refractivity contribution >= 4 is 28.2 Å². The highest BCUT2D eigenvalue weighted by Crippen LogP contribution is 2.39. The van der Waals surface area contributed by atoms with Crippen molar-refractivity contribution in [3.05, 3.63) is 76.2 Å². The van der Waals surface area contributed by atoms with Crippen LogP contribution >= 0.6 is 11.3 Å². The van der Waals surface area contributed by atoms with Gasteiger partial charge >= 0.3 is 0 Å². The van der Waals surface area contributed by atoms with E-state index in [1.54, 1.807) is 24.5 Å². The van der Waals surface area contributed by atoms with Crippen LogP contribution in [0.1, 0.15) is 50.4 Å². The molecule has 0 bridgehead atoms. The van der Waals surface area contributed by atoms with Crippen molar-refractivity contribution in [1.29, 1.82) is 0 Å². The number of ether oxygens (including phenoxy) is 1. The number of aromatic nitrogens is 1. The second-order valence-electron chi connectivity index (χ2n) is 7.81. The van der Waals surface area contributed by atoms with Crippen molar-refractivity contribution < 1.29 is 23.3 Å². The molecule has 1 aliphatic carbocycles. The lowest BCUT2D eigenvalue weighted by Gasteiger charge is -2.08. The molecule has 0 spiro atoms. The molecule has 0 aliphatic heterocycles. The highest BCUT2D eigenvalue weighted by atomic mass is 32.1. The third kappa shape index (κ3) is 4.47. The molecular weight excluding hydrogens is 454 g/mol. The van der Waals surface area contributed by atoms with Gasteiger partial charge in [0.25, 0.3) is 11.8 Å². The van der Waals surface area contributed by atoms with Gasteiger partial charge in [-0.1, -0.05) is 5.16 Å². The van der Waals surface area contributed by atoms with Crippen LogP contribution in [-0.2, 0) is 19.4 Å². The number of fused-ring (bicyclic) bond motifs is 1. The van der Waals surface area contributed by atoms with Crippen molar-refractivity contribution in [1.82, 2.24) is 10.5 Å². The number of aryl methyl sites for hydroxylation is 1. The Bertz CT molecular complexity index is 1310. The Morgan fingerprint density at radius 3 is 2.76 bits per heavy atom. The second-order valence-corrected chi connectivity index (χ2v) is 8.92. The molecule has 1 aliphatic rings. The number of furan rings is 1. The molecule has 4 aromatic rings. The fraction of sp³-hybridized carbons (Fsp3) is 0.240. The Morgan fingerprint density at radius 1 is 1.15 bits per heavy atom. The zero-order chi connectivity index (χ0) is 23.5. The highest BCUT2D eigenvalue weighted by Gasteiger charge is 2.28. The lowest BCUT2D eigenvalue weighted by Crippen LogP contribution is -2.25. The molecule has 3 aromatic heterocycles. The predicted octanol–water partition coefficient (Wildman–Crippen LogP) is 5.07. The predicted molar refractivity (Wildman–Crippen MR) is 127 cm³/mol. The van der Waals surface area contributed by atoms with E-state index in [2.05, 4.69) is 15.8 Å². The molecule has 0 saturated heterocycles. The van der Waals surface area contributed by atoms with Crippen LogP contribution in [0.2, 0.25) is 0 Å². The maximum absolute atomic E-state index is 13.0. The van der Waals surface area contributed by atoms with Crippen molar-refractivity contribution in [3.63, 3.8) is 0 Å². The minimum Gasteiger partial charge on any atom is -0.494 e. The molecular formula is C25H23N3O5S. The van der Waals surface area contributed by atoms with Crippen LogP contribution in [0, 0.1) is 0 Å². The maximum atomic E-state index is 13.0. The van der Waals surface area contributed by atoms with Gasteiger partial charge in [-0.3, -0.25) is 9.59 Å². The number of amides is 2. The van der Waals surface area contributed by atoms with Crippen molar-refractivity contribution in [3.8, 4) is 17.1 Å². The minimum atomic E-state index is -0.430. The molecule has 174 valence electrons. The molecule has 5 rings (SSSR count). The average Bonchev–Trinajstić information content (AvgIpc) is 3.63. The number of hydrogen-bond donors (Lipinski definition) is 2. The first-order valence-corrected chi connectivity index (χ1v) is 11.9.